The first-order valence-electron chi connectivity index (χ1n) is 8.99. The van der Waals surface area contributed by atoms with E-state index in [2.05, 4.69) is 20.2 Å². The predicted molar refractivity (Wildman–Crippen MR) is 110 cm³/mol. The van der Waals surface area contributed by atoms with Gasteiger partial charge in [-0.15, -0.1) is 0 Å². The van der Waals surface area contributed by atoms with E-state index in [1.807, 2.05) is 24.3 Å². The van der Waals surface area contributed by atoms with Crippen LogP contribution in [-0.2, 0) is 21.4 Å². The summed E-state index contributed by atoms with van der Waals surface area (Å²) in [6, 6.07) is 13.4. The van der Waals surface area contributed by atoms with Gasteiger partial charge in [0.15, 0.2) is 0 Å². The first-order valence-corrected chi connectivity index (χ1v) is 10.5. The van der Waals surface area contributed by atoms with Crippen LogP contribution < -0.4 is 14.8 Å². The van der Waals surface area contributed by atoms with Crippen molar-refractivity contribution in [3.63, 3.8) is 0 Å². The number of anilines is 1. The van der Waals surface area contributed by atoms with Crippen molar-refractivity contribution in [2.24, 2.45) is 0 Å². The molecule has 3 aromatic rings. The van der Waals surface area contributed by atoms with Gasteiger partial charge in [0.25, 0.3) is 0 Å². The summed E-state index contributed by atoms with van der Waals surface area (Å²) in [6.45, 7) is 1.81. The summed E-state index contributed by atoms with van der Waals surface area (Å²) in [4.78, 5) is 11.5. The van der Waals surface area contributed by atoms with Gasteiger partial charge in [0.05, 0.1) is 23.9 Å². The molecule has 0 aliphatic heterocycles. The summed E-state index contributed by atoms with van der Waals surface area (Å²) in [6.07, 6.45) is 1.93. The lowest BCUT2D eigenvalue weighted by Crippen LogP contribution is -2.23. The SMILES string of the molecule is CCC(=O)Nc1ccc(S(=O)(=O)NCc2cn[nH]c2-c2cccc(OC)c2)cc1. The van der Waals surface area contributed by atoms with Gasteiger partial charge in [-0.05, 0) is 36.4 Å². The zero-order chi connectivity index (χ0) is 20.9. The molecule has 0 atom stereocenters. The van der Waals surface area contributed by atoms with E-state index >= 15 is 0 Å². The zero-order valence-electron chi connectivity index (χ0n) is 16.1. The molecule has 1 amide bonds. The maximum absolute atomic E-state index is 12.6. The fraction of sp³-hybridized carbons (Fsp3) is 0.200. The molecule has 1 heterocycles. The Kier molecular flexibility index (Phi) is 6.30. The number of amides is 1. The molecule has 0 aliphatic carbocycles. The van der Waals surface area contributed by atoms with Crippen LogP contribution in [0.25, 0.3) is 11.3 Å². The van der Waals surface area contributed by atoms with Gasteiger partial charge >= 0.3 is 0 Å². The number of ether oxygens (including phenoxy) is 1. The number of aromatic nitrogens is 2. The molecule has 152 valence electrons. The highest BCUT2D eigenvalue weighted by molar-refractivity contribution is 7.89. The van der Waals surface area contributed by atoms with Crippen molar-refractivity contribution in [3.8, 4) is 17.0 Å². The molecule has 3 N–H and O–H groups in total. The molecule has 8 nitrogen and oxygen atoms in total. The van der Waals surface area contributed by atoms with E-state index in [4.69, 9.17) is 4.74 Å². The van der Waals surface area contributed by atoms with Crippen LogP contribution >= 0.6 is 0 Å². The summed E-state index contributed by atoms with van der Waals surface area (Å²) >= 11 is 0. The topological polar surface area (TPSA) is 113 Å². The van der Waals surface area contributed by atoms with Crippen molar-refractivity contribution >= 4 is 21.6 Å². The third kappa shape index (κ3) is 5.01. The quantitative estimate of drug-likeness (QED) is 0.525. The number of nitrogens with one attached hydrogen (secondary N) is 3. The maximum Gasteiger partial charge on any atom is 0.240 e. The van der Waals surface area contributed by atoms with E-state index in [0.29, 0.717) is 29.1 Å². The second-order valence-electron chi connectivity index (χ2n) is 6.25. The van der Waals surface area contributed by atoms with Gasteiger partial charge < -0.3 is 10.1 Å². The average Bonchev–Trinajstić information content (AvgIpc) is 3.21. The van der Waals surface area contributed by atoms with Crippen LogP contribution in [0.15, 0.2) is 59.6 Å². The highest BCUT2D eigenvalue weighted by atomic mass is 32.2. The van der Waals surface area contributed by atoms with Crippen LogP contribution in [0.1, 0.15) is 18.9 Å². The fourth-order valence-electron chi connectivity index (χ4n) is 2.70. The molecular formula is C20H22N4O4S. The molecule has 0 bridgehead atoms. The second-order valence-corrected chi connectivity index (χ2v) is 8.02. The Labute approximate surface area is 169 Å². The van der Waals surface area contributed by atoms with Gasteiger partial charge in [-0.1, -0.05) is 19.1 Å². The van der Waals surface area contributed by atoms with Crippen LogP contribution in [0.2, 0.25) is 0 Å². The molecule has 2 aromatic carbocycles. The van der Waals surface area contributed by atoms with Crippen molar-refractivity contribution in [1.82, 2.24) is 14.9 Å². The first-order chi connectivity index (χ1) is 13.9. The molecule has 0 saturated carbocycles. The van der Waals surface area contributed by atoms with Gasteiger partial charge in [0, 0.05) is 29.8 Å². The predicted octanol–water partition coefficient (Wildman–Crippen LogP) is 2.91. The Morgan fingerprint density at radius 1 is 1.17 bits per heavy atom. The number of methoxy groups -OCH3 is 1. The fourth-order valence-corrected chi connectivity index (χ4v) is 3.70. The molecule has 9 heteroatoms. The van der Waals surface area contributed by atoms with Crippen molar-refractivity contribution in [3.05, 3.63) is 60.3 Å². The number of hydrogen-bond acceptors (Lipinski definition) is 5. The Hall–Kier alpha value is -3.17. The van der Waals surface area contributed by atoms with Gasteiger partial charge in [-0.25, -0.2) is 13.1 Å². The molecule has 0 fully saturated rings. The number of H-pyrrole nitrogens is 1. The molecule has 0 aliphatic rings. The summed E-state index contributed by atoms with van der Waals surface area (Å²) in [7, 11) is -2.14. The van der Waals surface area contributed by atoms with E-state index in [1.54, 1.807) is 32.4 Å². The minimum absolute atomic E-state index is 0.0691. The molecule has 0 spiro atoms. The van der Waals surface area contributed by atoms with Gasteiger partial charge in [0.2, 0.25) is 15.9 Å². The molecule has 0 saturated heterocycles. The summed E-state index contributed by atoms with van der Waals surface area (Å²) in [5, 5.41) is 9.62. The molecule has 0 unspecified atom stereocenters. The minimum atomic E-state index is -3.73. The lowest BCUT2D eigenvalue weighted by molar-refractivity contribution is -0.115. The van der Waals surface area contributed by atoms with Crippen molar-refractivity contribution < 1.29 is 17.9 Å². The van der Waals surface area contributed by atoms with Crippen LogP contribution in [-0.4, -0.2) is 31.6 Å². The van der Waals surface area contributed by atoms with E-state index in [9.17, 15) is 13.2 Å². The number of benzene rings is 2. The Balaban J connectivity index is 1.73. The number of nitrogens with zero attached hydrogens (tertiary/aromatic N) is 1. The molecule has 1 aromatic heterocycles. The number of hydrogen-bond donors (Lipinski definition) is 3. The number of aromatic amines is 1. The third-order valence-electron chi connectivity index (χ3n) is 4.30. The summed E-state index contributed by atoms with van der Waals surface area (Å²) < 4.78 is 33.0. The minimum Gasteiger partial charge on any atom is -0.497 e. The summed E-state index contributed by atoms with van der Waals surface area (Å²) in [5.74, 6) is 0.558. The van der Waals surface area contributed by atoms with Crippen molar-refractivity contribution in [1.29, 1.82) is 0 Å². The van der Waals surface area contributed by atoms with Crippen molar-refractivity contribution in [2.75, 3.05) is 12.4 Å². The zero-order valence-corrected chi connectivity index (χ0v) is 16.9. The van der Waals surface area contributed by atoms with Crippen LogP contribution in [0.4, 0.5) is 5.69 Å². The standard InChI is InChI=1S/C20H22N4O4S/c1-3-19(25)23-16-7-9-18(10-8-16)29(26,27)22-13-15-12-21-24-20(15)14-5-4-6-17(11-14)28-2/h4-12,22H,3,13H2,1-2H3,(H,21,24)(H,23,25). The van der Waals surface area contributed by atoms with Crippen LogP contribution in [0.5, 0.6) is 5.75 Å². The van der Waals surface area contributed by atoms with Crippen LogP contribution in [0, 0.1) is 0 Å². The average molecular weight is 414 g/mol. The summed E-state index contributed by atoms with van der Waals surface area (Å²) in [5.41, 5.74) is 2.80. The van der Waals surface area contributed by atoms with E-state index in [0.717, 1.165) is 5.56 Å². The van der Waals surface area contributed by atoms with Gasteiger partial charge in [-0.2, -0.15) is 5.10 Å². The molecule has 29 heavy (non-hydrogen) atoms. The molecular weight excluding hydrogens is 392 g/mol. The lowest BCUT2D eigenvalue weighted by Gasteiger charge is -2.09. The maximum atomic E-state index is 12.6. The second kappa shape index (κ2) is 8.89. The van der Waals surface area contributed by atoms with E-state index < -0.39 is 10.0 Å². The molecule has 0 radical (unpaired) electrons. The van der Waals surface area contributed by atoms with Gasteiger partial charge in [0.1, 0.15) is 5.75 Å². The Bertz CT molecular complexity index is 1090. The van der Waals surface area contributed by atoms with Crippen LogP contribution in [0.3, 0.4) is 0 Å². The van der Waals surface area contributed by atoms with Gasteiger partial charge in [-0.3, -0.25) is 9.89 Å². The van der Waals surface area contributed by atoms with E-state index in [-0.39, 0.29) is 17.3 Å². The number of rotatable bonds is 8. The number of sulfonamides is 1. The number of carbonyl (C=O) groups excluding carboxylic acids is 1. The third-order valence-corrected chi connectivity index (χ3v) is 5.72. The first kappa shape index (κ1) is 20.6. The largest absolute Gasteiger partial charge is 0.497 e. The highest BCUT2D eigenvalue weighted by Crippen LogP contribution is 2.25. The molecule has 3 rings (SSSR count). The highest BCUT2D eigenvalue weighted by Gasteiger charge is 2.16. The normalized spacial score (nSPS) is 11.2. The lowest BCUT2D eigenvalue weighted by atomic mass is 10.1. The smallest absolute Gasteiger partial charge is 0.240 e. The monoisotopic (exact) mass is 414 g/mol. The number of carbonyl (C=O) groups is 1. The Morgan fingerprint density at radius 2 is 1.93 bits per heavy atom. The van der Waals surface area contributed by atoms with E-state index in [1.165, 1.54) is 12.1 Å². The van der Waals surface area contributed by atoms with Crippen molar-refractivity contribution in [2.45, 2.75) is 24.8 Å². The Morgan fingerprint density at radius 3 is 2.62 bits per heavy atom.